The molecule has 6 heteroatoms. The minimum Gasteiger partial charge on any atom is -0.364 e. The minimum absolute atomic E-state index is 0.125. The lowest BCUT2D eigenvalue weighted by molar-refractivity contribution is 0.179. The molecular formula is C7H17NO2PS2+. The predicted octanol–water partition coefficient (Wildman–Crippen LogP) is 2.89. The molecule has 0 radical (unpaired) electrons. The highest BCUT2D eigenvalue weighted by atomic mass is 33.3. The summed E-state index contributed by atoms with van der Waals surface area (Å²) in [6, 6.07) is 0. The molecule has 0 unspecified atom stereocenters. The summed E-state index contributed by atoms with van der Waals surface area (Å²) in [5.74, 6) is 1.03. The number of nitrogens with one attached hydrogen (secondary N) is 1. The molecule has 0 aromatic carbocycles. The average molecular weight is 242 g/mol. The number of hydrogen-bond donors (Lipinski definition) is 1. The van der Waals surface area contributed by atoms with Crippen LogP contribution in [0.25, 0.3) is 0 Å². The second-order valence-electron chi connectivity index (χ2n) is 2.75. The fourth-order valence-electron chi connectivity index (χ4n) is 0.543. The van der Waals surface area contributed by atoms with Gasteiger partial charge >= 0.3 is 5.65 Å². The van der Waals surface area contributed by atoms with Gasteiger partial charge in [0.25, 0.3) is 0 Å². The van der Waals surface area contributed by atoms with Gasteiger partial charge in [0.05, 0.1) is 23.7 Å². The minimum atomic E-state index is -1.53. The van der Waals surface area contributed by atoms with Gasteiger partial charge in [0.2, 0.25) is 0 Å². The van der Waals surface area contributed by atoms with Gasteiger partial charge in [0.1, 0.15) is 6.73 Å². The molecular weight excluding hydrogens is 225 g/mol. The number of hydrogen-bond acceptors (Lipinski definition) is 4. The van der Waals surface area contributed by atoms with Crippen molar-refractivity contribution in [2.75, 3.05) is 32.9 Å². The van der Waals surface area contributed by atoms with Gasteiger partial charge in [0, 0.05) is 12.9 Å². The molecule has 0 spiro atoms. The predicted molar refractivity (Wildman–Crippen MR) is 64.9 cm³/mol. The van der Waals surface area contributed by atoms with Crippen LogP contribution < -0.4 is 5.32 Å². The third-order valence-electron chi connectivity index (χ3n) is 1.21. The largest absolute Gasteiger partial charge is 0.373 e. The van der Waals surface area contributed by atoms with Crippen molar-refractivity contribution >= 4 is 33.3 Å². The van der Waals surface area contributed by atoms with Gasteiger partial charge in [-0.1, -0.05) is 17.7 Å². The number of amides is 1. The van der Waals surface area contributed by atoms with Crippen molar-refractivity contribution < 1.29 is 9.53 Å². The molecule has 0 aliphatic carbocycles. The van der Waals surface area contributed by atoms with E-state index in [-0.39, 0.29) is 5.65 Å². The fourth-order valence-corrected chi connectivity index (χ4v) is 6.86. The first kappa shape index (κ1) is 13.6. The summed E-state index contributed by atoms with van der Waals surface area (Å²) in [7, 11) is 5.01. The first-order valence-electron chi connectivity index (χ1n) is 3.97. The summed E-state index contributed by atoms with van der Waals surface area (Å²) in [6.45, 7) is 4.90. The topological polar surface area (TPSA) is 38.3 Å². The quantitative estimate of drug-likeness (QED) is 0.441. The Morgan fingerprint density at radius 3 is 2.62 bits per heavy atom. The van der Waals surface area contributed by atoms with Gasteiger partial charge in [-0.3, -0.25) is 5.32 Å². The van der Waals surface area contributed by atoms with Gasteiger partial charge in [-0.05, 0) is 0 Å². The van der Waals surface area contributed by atoms with Crippen molar-refractivity contribution in [2.45, 2.75) is 6.92 Å². The van der Waals surface area contributed by atoms with Gasteiger partial charge < -0.3 is 4.74 Å². The number of ether oxygens (including phenoxy) is 1. The van der Waals surface area contributed by atoms with Crippen LogP contribution in [0.4, 0.5) is 4.79 Å². The van der Waals surface area contributed by atoms with Gasteiger partial charge in [-0.25, -0.2) is 4.79 Å². The zero-order valence-electron chi connectivity index (χ0n) is 8.49. The smallest absolute Gasteiger partial charge is 0.364 e. The molecule has 0 aliphatic heterocycles. The van der Waals surface area contributed by atoms with E-state index in [2.05, 4.69) is 12.2 Å². The average Bonchev–Trinajstić information content (AvgIpc) is 2.10. The van der Waals surface area contributed by atoms with Crippen molar-refractivity contribution in [1.29, 1.82) is 0 Å². The van der Waals surface area contributed by atoms with E-state index in [1.54, 1.807) is 28.3 Å². The standard InChI is InChI=1S/C7H16NO2PS2/c1-5-12-13-11(3,4)7(9)8-6-10-2/h5-6H2,1-4H3/p+1. The van der Waals surface area contributed by atoms with Gasteiger partial charge in [-0.15, -0.1) is 0 Å². The van der Waals surface area contributed by atoms with E-state index in [4.69, 9.17) is 4.74 Å². The molecule has 0 aliphatic rings. The lowest BCUT2D eigenvalue weighted by Gasteiger charge is -2.12. The Balaban J connectivity index is 3.87. The highest BCUT2D eigenvalue weighted by Gasteiger charge is 2.37. The second kappa shape index (κ2) is 6.93. The first-order chi connectivity index (χ1) is 6.04. The molecule has 1 amide bonds. The van der Waals surface area contributed by atoms with Crippen molar-refractivity contribution in [3.63, 3.8) is 0 Å². The second-order valence-corrected chi connectivity index (χ2v) is 12.1. The van der Waals surface area contributed by atoms with Crippen molar-refractivity contribution in [2.24, 2.45) is 0 Å². The van der Waals surface area contributed by atoms with Crippen LogP contribution in [-0.2, 0) is 4.74 Å². The molecule has 0 rings (SSSR count). The molecule has 0 atom stereocenters. The lowest BCUT2D eigenvalue weighted by atomic mass is 11.0. The molecule has 0 fully saturated rings. The first-order valence-corrected chi connectivity index (χ1v) is 9.58. The molecule has 78 valence electrons. The third kappa shape index (κ3) is 5.78. The van der Waals surface area contributed by atoms with Crippen LogP contribution in [0.2, 0.25) is 0 Å². The Hall–Kier alpha value is 0.560. The van der Waals surface area contributed by atoms with E-state index in [0.29, 0.717) is 6.73 Å². The molecule has 0 aromatic rings. The number of carbonyl (C=O) groups is 1. The van der Waals surface area contributed by atoms with Crippen LogP contribution in [0, 0.1) is 0 Å². The molecule has 3 nitrogen and oxygen atoms in total. The van der Waals surface area contributed by atoms with Crippen LogP contribution in [0.1, 0.15) is 6.92 Å². The Bertz CT molecular complexity index is 167. The summed E-state index contributed by atoms with van der Waals surface area (Å²) in [4.78, 5) is 11.6. The summed E-state index contributed by atoms with van der Waals surface area (Å²) >= 11 is 0. The Kier molecular flexibility index (Phi) is 7.23. The Morgan fingerprint density at radius 2 is 2.15 bits per heavy atom. The molecule has 0 aromatic heterocycles. The summed E-state index contributed by atoms with van der Waals surface area (Å²) in [5, 5.41) is 2.74. The monoisotopic (exact) mass is 242 g/mol. The molecule has 13 heavy (non-hydrogen) atoms. The molecule has 1 N–H and O–H groups in total. The highest BCUT2D eigenvalue weighted by Crippen LogP contribution is 2.68. The third-order valence-corrected chi connectivity index (χ3v) is 10.0. The maximum absolute atomic E-state index is 11.6. The van der Waals surface area contributed by atoms with E-state index in [0.717, 1.165) is 5.75 Å². The summed E-state index contributed by atoms with van der Waals surface area (Å²) in [6.07, 6.45) is 0. The van der Waals surface area contributed by atoms with E-state index in [1.165, 1.54) is 0 Å². The van der Waals surface area contributed by atoms with Crippen LogP contribution in [0.5, 0.6) is 0 Å². The van der Waals surface area contributed by atoms with E-state index in [1.807, 2.05) is 13.3 Å². The zero-order valence-corrected chi connectivity index (χ0v) is 11.0. The van der Waals surface area contributed by atoms with Gasteiger partial charge in [-0.2, -0.15) is 0 Å². The Labute approximate surface area is 88.2 Å². The van der Waals surface area contributed by atoms with Crippen molar-refractivity contribution in [1.82, 2.24) is 5.32 Å². The highest BCUT2D eigenvalue weighted by molar-refractivity contribution is 9.03. The maximum Gasteiger partial charge on any atom is 0.373 e. The van der Waals surface area contributed by atoms with Crippen molar-refractivity contribution in [3.05, 3.63) is 0 Å². The fraction of sp³-hybridized carbons (Fsp3) is 0.857. The molecule has 0 heterocycles. The Morgan fingerprint density at radius 1 is 1.54 bits per heavy atom. The zero-order chi connectivity index (χ0) is 10.3. The maximum atomic E-state index is 11.6. The molecule has 0 bridgehead atoms. The van der Waals surface area contributed by atoms with E-state index < -0.39 is 6.46 Å². The van der Waals surface area contributed by atoms with E-state index >= 15 is 0 Å². The van der Waals surface area contributed by atoms with Crippen LogP contribution >= 0.6 is 27.7 Å². The van der Waals surface area contributed by atoms with Crippen molar-refractivity contribution in [3.8, 4) is 0 Å². The normalized spacial score (nSPS) is 11.4. The van der Waals surface area contributed by atoms with Gasteiger partial charge in [0.15, 0.2) is 6.46 Å². The van der Waals surface area contributed by atoms with Crippen LogP contribution in [-0.4, -0.2) is 38.6 Å². The molecule has 0 saturated carbocycles. The van der Waals surface area contributed by atoms with E-state index in [9.17, 15) is 4.79 Å². The SMILES string of the molecule is CCSS[P+](C)(C)C(=O)NCOC. The summed E-state index contributed by atoms with van der Waals surface area (Å²) < 4.78 is 4.78. The lowest BCUT2D eigenvalue weighted by Crippen LogP contribution is -2.24. The number of methoxy groups -OCH3 is 1. The summed E-state index contributed by atoms with van der Waals surface area (Å²) in [5.41, 5.74) is 0.125. The number of rotatable bonds is 6. The number of carbonyl (C=O) groups excluding carboxylic acids is 1. The van der Waals surface area contributed by atoms with Crippen LogP contribution in [0.3, 0.4) is 0 Å². The molecule has 0 saturated heterocycles. The van der Waals surface area contributed by atoms with Crippen LogP contribution in [0.15, 0.2) is 0 Å².